The van der Waals surface area contributed by atoms with E-state index in [1.54, 1.807) is 23.9 Å². The summed E-state index contributed by atoms with van der Waals surface area (Å²) < 4.78 is 27.2. The zero-order valence-electron chi connectivity index (χ0n) is 10.9. The SMILES string of the molecule is CSc1ccc(NS(=O)(=O)c2c(N)cc(Cl)cc2Cl)cc1. The lowest BCUT2D eigenvalue weighted by atomic mass is 10.3. The fraction of sp³-hybridized carbons (Fsp3) is 0.0769. The Hall–Kier alpha value is -1.08. The van der Waals surface area contributed by atoms with Gasteiger partial charge in [0.05, 0.1) is 10.7 Å². The molecular weight excluding hydrogens is 351 g/mol. The van der Waals surface area contributed by atoms with Crippen molar-refractivity contribution in [3.05, 3.63) is 46.4 Å². The molecule has 0 aliphatic rings. The monoisotopic (exact) mass is 362 g/mol. The van der Waals surface area contributed by atoms with Gasteiger partial charge in [0.15, 0.2) is 0 Å². The van der Waals surface area contributed by atoms with Gasteiger partial charge in [-0.2, -0.15) is 0 Å². The summed E-state index contributed by atoms with van der Waals surface area (Å²) in [5.74, 6) is 0. The van der Waals surface area contributed by atoms with Crippen LogP contribution in [0.1, 0.15) is 0 Å². The van der Waals surface area contributed by atoms with Gasteiger partial charge in [-0.25, -0.2) is 8.42 Å². The molecule has 4 nitrogen and oxygen atoms in total. The molecule has 8 heteroatoms. The van der Waals surface area contributed by atoms with Gasteiger partial charge in [0.25, 0.3) is 10.0 Å². The van der Waals surface area contributed by atoms with Gasteiger partial charge in [0, 0.05) is 15.6 Å². The van der Waals surface area contributed by atoms with Crippen LogP contribution in [0.3, 0.4) is 0 Å². The van der Waals surface area contributed by atoms with Crippen LogP contribution in [-0.4, -0.2) is 14.7 Å². The Bertz CT molecular complexity index is 739. The highest BCUT2D eigenvalue weighted by molar-refractivity contribution is 7.98. The molecule has 0 saturated heterocycles. The van der Waals surface area contributed by atoms with Gasteiger partial charge in [0.2, 0.25) is 0 Å². The molecule has 0 unspecified atom stereocenters. The van der Waals surface area contributed by atoms with Gasteiger partial charge in [0.1, 0.15) is 4.90 Å². The minimum Gasteiger partial charge on any atom is -0.398 e. The molecule has 0 atom stereocenters. The van der Waals surface area contributed by atoms with Crippen molar-refractivity contribution < 1.29 is 8.42 Å². The molecule has 2 aromatic rings. The molecule has 0 spiro atoms. The van der Waals surface area contributed by atoms with Crippen molar-refractivity contribution in [2.75, 3.05) is 16.7 Å². The third kappa shape index (κ3) is 3.77. The standard InChI is InChI=1S/C13H12Cl2N2O2S2/c1-20-10-4-2-9(3-5-10)17-21(18,19)13-11(15)6-8(14)7-12(13)16/h2-7,17H,16H2,1H3. The van der Waals surface area contributed by atoms with Crippen LogP contribution in [0.25, 0.3) is 0 Å². The molecule has 0 aliphatic heterocycles. The van der Waals surface area contributed by atoms with E-state index in [-0.39, 0.29) is 20.6 Å². The second kappa shape index (κ2) is 6.36. The third-order valence-corrected chi connectivity index (χ3v) is 5.52. The molecule has 3 N–H and O–H groups in total. The lowest BCUT2D eigenvalue weighted by molar-refractivity contribution is 0.601. The first-order valence-electron chi connectivity index (χ1n) is 5.75. The van der Waals surface area contributed by atoms with Crippen molar-refractivity contribution in [2.45, 2.75) is 9.79 Å². The largest absolute Gasteiger partial charge is 0.398 e. The van der Waals surface area contributed by atoms with Crippen LogP contribution in [0.2, 0.25) is 10.0 Å². The number of nitrogens with one attached hydrogen (secondary N) is 1. The number of hydrogen-bond acceptors (Lipinski definition) is 4. The van der Waals surface area contributed by atoms with E-state index < -0.39 is 10.0 Å². The average Bonchev–Trinajstić information content (AvgIpc) is 2.37. The van der Waals surface area contributed by atoms with E-state index >= 15 is 0 Å². The maximum absolute atomic E-state index is 12.4. The van der Waals surface area contributed by atoms with Crippen LogP contribution < -0.4 is 10.5 Å². The van der Waals surface area contributed by atoms with Crippen LogP contribution in [0, 0.1) is 0 Å². The van der Waals surface area contributed by atoms with Crippen molar-refractivity contribution in [2.24, 2.45) is 0 Å². The van der Waals surface area contributed by atoms with Crippen molar-refractivity contribution >= 4 is 56.4 Å². The number of halogens is 2. The molecule has 0 bridgehead atoms. The van der Waals surface area contributed by atoms with E-state index in [9.17, 15) is 8.42 Å². The van der Waals surface area contributed by atoms with Gasteiger partial charge in [-0.05, 0) is 42.7 Å². The second-order valence-electron chi connectivity index (χ2n) is 4.14. The molecule has 112 valence electrons. The summed E-state index contributed by atoms with van der Waals surface area (Å²) in [5, 5.41) is 0.258. The van der Waals surface area contributed by atoms with Gasteiger partial charge in [-0.1, -0.05) is 23.2 Å². The number of thioether (sulfide) groups is 1. The second-order valence-corrected chi connectivity index (χ2v) is 7.48. The molecule has 21 heavy (non-hydrogen) atoms. The van der Waals surface area contributed by atoms with Crippen LogP contribution >= 0.6 is 35.0 Å². The highest BCUT2D eigenvalue weighted by Gasteiger charge is 2.22. The Labute approximate surface area is 137 Å². The van der Waals surface area contributed by atoms with Gasteiger partial charge in [-0.3, -0.25) is 4.72 Å². The van der Waals surface area contributed by atoms with Crippen LogP contribution in [0.4, 0.5) is 11.4 Å². The van der Waals surface area contributed by atoms with E-state index in [1.807, 2.05) is 18.4 Å². The summed E-state index contributed by atoms with van der Waals surface area (Å²) >= 11 is 13.3. The zero-order chi connectivity index (χ0) is 15.6. The summed E-state index contributed by atoms with van der Waals surface area (Å²) in [7, 11) is -3.88. The number of sulfonamides is 1. The zero-order valence-corrected chi connectivity index (χ0v) is 14.1. The van der Waals surface area contributed by atoms with Gasteiger partial charge >= 0.3 is 0 Å². The number of benzene rings is 2. The number of anilines is 2. The topological polar surface area (TPSA) is 72.2 Å². The molecule has 0 heterocycles. The predicted molar refractivity (Wildman–Crippen MR) is 89.9 cm³/mol. The fourth-order valence-corrected chi connectivity index (χ4v) is 4.18. The van der Waals surface area contributed by atoms with Crippen LogP contribution in [-0.2, 0) is 10.0 Å². The molecule has 2 rings (SSSR count). The highest BCUT2D eigenvalue weighted by atomic mass is 35.5. The lowest BCUT2D eigenvalue weighted by Crippen LogP contribution is -2.15. The van der Waals surface area contributed by atoms with E-state index in [1.165, 1.54) is 12.1 Å². The van der Waals surface area contributed by atoms with Gasteiger partial charge < -0.3 is 5.73 Å². The fourth-order valence-electron chi connectivity index (χ4n) is 1.73. The Morgan fingerprint density at radius 3 is 2.29 bits per heavy atom. The van der Waals surface area contributed by atoms with Crippen molar-refractivity contribution in [3.63, 3.8) is 0 Å². The summed E-state index contributed by atoms with van der Waals surface area (Å²) in [6.45, 7) is 0. The first-order chi connectivity index (χ1) is 9.83. The lowest BCUT2D eigenvalue weighted by Gasteiger charge is -2.12. The number of rotatable bonds is 4. The van der Waals surface area contributed by atoms with Crippen LogP contribution in [0.5, 0.6) is 0 Å². The summed E-state index contributed by atoms with van der Waals surface area (Å²) in [6.07, 6.45) is 1.94. The number of hydrogen-bond donors (Lipinski definition) is 2. The van der Waals surface area contributed by atoms with Gasteiger partial charge in [-0.15, -0.1) is 11.8 Å². The molecule has 2 aromatic carbocycles. The third-order valence-electron chi connectivity index (χ3n) is 2.65. The van der Waals surface area contributed by atoms with E-state index in [2.05, 4.69) is 4.72 Å². The molecule has 0 saturated carbocycles. The smallest absolute Gasteiger partial charge is 0.265 e. The normalized spacial score (nSPS) is 11.4. The first kappa shape index (κ1) is 16.3. The Morgan fingerprint density at radius 2 is 1.76 bits per heavy atom. The van der Waals surface area contributed by atoms with E-state index in [0.29, 0.717) is 5.69 Å². The Balaban J connectivity index is 2.38. The molecule has 0 aromatic heterocycles. The predicted octanol–water partition coefficient (Wildman–Crippen LogP) is 4.10. The highest BCUT2D eigenvalue weighted by Crippen LogP contribution is 2.32. The number of nitrogen functional groups attached to an aromatic ring is 1. The summed E-state index contributed by atoms with van der Waals surface area (Å²) in [6, 6.07) is 9.65. The van der Waals surface area contributed by atoms with E-state index in [0.717, 1.165) is 4.90 Å². The minimum atomic E-state index is -3.88. The van der Waals surface area contributed by atoms with Crippen molar-refractivity contribution in [1.29, 1.82) is 0 Å². The average molecular weight is 363 g/mol. The molecular formula is C13H12Cl2N2O2S2. The molecule has 0 amide bonds. The van der Waals surface area contributed by atoms with Crippen molar-refractivity contribution in [1.82, 2.24) is 0 Å². The quantitative estimate of drug-likeness (QED) is 0.634. The van der Waals surface area contributed by atoms with Crippen molar-refractivity contribution in [3.8, 4) is 0 Å². The Kier molecular flexibility index (Phi) is 4.93. The van der Waals surface area contributed by atoms with Crippen LogP contribution in [0.15, 0.2) is 46.2 Å². The maximum Gasteiger partial charge on any atom is 0.265 e. The summed E-state index contributed by atoms with van der Waals surface area (Å²) in [5.41, 5.74) is 6.15. The minimum absolute atomic E-state index is 0.000680. The van der Waals surface area contributed by atoms with E-state index in [4.69, 9.17) is 28.9 Å². The Morgan fingerprint density at radius 1 is 1.14 bits per heavy atom. The number of nitrogens with two attached hydrogens (primary N) is 1. The first-order valence-corrected chi connectivity index (χ1v) is 9.21. The summed E-state index contributed by atoms with van der Waals surface area (Å²) in [4.78, 5) is 0.851. The maximum atomic E-state index is 12.4. The molecule has 0 fully saturated rings. The molecule has 0 aliphatic carbocycles. The molecule has 0 radical (unpaired) electrons.